The summed E-state index contributed by atoms with van der Waals surface area (Å²) in [5.74, 6) is 1.30. The lowest BCUT2D eigenvalue weighted by Crippen LogP contribution is -2.52. The summed E-state index contributed by atoms with van der Waals surface area (Å²) >= 11 is 2.12. The molecule has 15 heavy (non-hydrogen) atoms. The summed E-state index contributed by atoms with van der Waals surface area (Å²) in [6.45, 7) is 9.44. The van der Waals surface area contributed by atoms with Crippen LogP contribution >= 0.6 is 11.8 Å². The van der Waals surface area contributed by atoms with Crippen molar-refractivity contribution in [1.29, 1.82) is 0 Å². The van der Waals surface area contributed by atoms with Crippen molar-refractivity contribution >= 4 is 11.8 Å². The summed E-state index contributed by atoms with van der Waals surface area (Å²) < 4.78 is 0. The highest BCUT2D eigenvalue weighted by Crippen LogP contribution is 2.26. The zero-order valence-electron chi connectivity index (χ0n) is 10.6. The minimum absolute atomic E-state index is 0.730. The van der Waals surface area contributed by atoms with Crippen LogP contribution in [0.25, 0.3) is 0 Å². The van der Waals surface area contributed by atoms with Gasteiger partial charge < -0.3 is 5.32 Å². The minimum atomic E-state index is 0.730. The Labute approximate surface area is 99.2 Å². The van der Waals surface area contributed by atoms with Gasteiger partial charge in [-0.05, 0) is 20.4 Å². The van der Waals surface area contributed by atoms with Crippen LogP contribution in [0.15, 0.2) is 0 Å². The lowest BCUT2D eigenvalue weighted by Gasteiger charge is -2.42. The number of thioether (sulfide) groups is 1. The Morgan fingerprint density at radius 2 is 2.20 bits per heavy atom. The number of hydrogen-bond acceptors (Lipinski definition) is 3. The van der Waals surface area contributed by atoms with Crippen LogP contribution in [-0.2, 0) is 0 Å². The highest BCUT2D eigenvalue weighted by Gasteiger charge is 2.29. The third-order valence-electron chi connectivity index (χ3n) is 3.46. The van der Waals surface area contributed by atoms with E-state index >= 15 is 0 Å². The van der Waals surface area contributed by atoms with Gasteiger partial charge in [-0.25, -0.2) is 0 Å². The average molecular weight is 230 g/mol. The van der Waals surface area contributed by atoms with Crippen molar-refractivity contribution in [3.8, 4) is 0 Å². The smallest absolute Gasteiger partial charge is 0.0224 e. The Morgan fingerprint density at radius 3 is 2.80 bits per heavy atom. The fourth-order valence-corrected chi connectivity index (χ4v) is 3.55. The summed E-state index contributed by atoms with van der Waals surface area (Å²) in [6.07, 6.45) is 2.61. The van der Waals surface area contributed by atoms with E-state index in [-0.39, 0.29) is 0 Å². The van der Waals surface area contributed by atoms with Crippen molar-refractivity contribution in [2.45, 2.75) is 50.9 Å². The van der Waals surface area contributed by atoms with Crippen molar-refractivity contribution in [2.75, 3.05) is 25.9 Å². The normalized spacial score (nSPS) is 30.4. The van der Waals surface area contributed by atoms with E-state index in [9.17, 15) is 0 Å². The van der Waals surface area contributed by atoms with Gasteiger partial charge in [-0.3, -0.25) is 4.90 Å². The first-order valence-electron chi connectivity index (χ1n) is 6.22. The molecule has 3 heteroatoms. The van der Waals surface area contributed by atoms with Crippen LogP contribution in [-0.4, -0.2) is 48.1 Å². The van der Waals surface area contributed by atoms with Gasteiger partial charge in [-0.1, -0.05) is 20.3 Å². The SMILES string of the molecule is CCCC(CNC)N1CCSC(C)C1C. The van der Waals surface area contributed by atoms with Crippen LogP contribution in [0.2, 0.25) is 0 Å². The highest BCUT2D eigenvalue weighted by molar-refractivity contribution is 8.00. The second-order valence-corrected chi connectivity index (χ2v) is 6.04. The molecule has 1 aliphatic rings. The summed E-state index contributed by atoms with van der Waals surface area (Å²) in [6, 6.07) is 1.46. The lowest BCUT2D eigenvalue weighted by atomic mass is 10.1. The van der Waals surface area contributed by atoms with E-state index in [1.165, 1.54) is 25.1 Å². The third kappa shape index (κ3) is 3.65. The van der Waals surface area contributed by atoms with Crippen molar-refractivity contribution in [2.24, 2.45) is 0 Å². The molecular formula is C12H26N2S. The van der Waals surface area contributed by atoms with Crippen LogP contribution in [0.3, 0.4) is 0 Å². The standard InChI is InChI=1S/C12H26N2S/c1-5-6-12(9-13-4)14-7-8-15-11(3)10(14)2/h10-13H,5-9H2,1-4H3. The average Bonchev–Trinajstić information content (AvgIpc) is 2.22. The summed E-state index contributed by atoms with van der Waals surface area (Å²) in [5, 5.41) is 4.12. The molecule has 0 radical (unpaired) electrons. The molecule has 0 spiro atoms. The predicted molar refractivity (Wildman–Crippen MR) is 70.7 cm³/mol. The largest absolute Gasteiger partial charge is 0.318 e. The van der Waals surface area contributed by atoms with Crippen LogP contribution in [0.1, 0.15) is 33.6 Å². The number of nitrogens with one attached hydrogen (secondary N) is 1. The van der Waals surface area contributed by atoms with E-state index in [1.54, 1.807) is 0 Å². The number of nitrogens with zero attached hydrogens (tertiary/aromatic N) is 1. The molecule has 3 unspecified atom stereocenters. The quantitative estimate of drug-likeness (QED) is 0.779. The van der Waals surface area contributed by atoms with E-state index in [1.807, 2.05) is 0 Å². The second kappa shape index (κ2) is 6.77. The molecule has 0 aromatic carbocycles. The Bertz CT molecular complexity index is 169. The maximum Gasteiger partial charge on any atom is 0.0224 e. The first-order valence-corrected chi connectivity index (χ1v) is 7.27. The van der Waals surface area contributed by atoms with Crippen LogP contribution in [0, 0.1) is 0 Å². The first-order chi connectivity index (χ1) is 7.20. The van der Waals surface area contributed by atoms with Crippen LogP contribution in [0.4, 0.5) is 0 Å². The highest BCUT2D eigenvalue weighted by atomic mass is 32.2. The van der Waals surface area contributed by atoms with Gasteiger partial charge in [0.25, 0.3) is 0 Å². The van der Waals surface area contributed by atoms with Gasteiger partial charge in [0.15, 0.2) is 0 Å². The van der Waals surface area contributed by atoms with E-state index in [0.29, 0.717) is 0 Å². The Hall–Kier alpha value is 0.270. The molecule has 0 amide bonds. The molecule has 0 aromatic rings. The van der Waals surface area contributed by atoms with Gasteiger partial charge in [0.2, 0.25) is 0 Å². The molecule has 1 rings (SSSR count). The maximum absolute atomic E-state index is 3.34. The lowest BCUT2D eigenvalue weighted by molar-refractivity contribution is 0.137. The van der Waals surface area contributed by atoms with Crippen molar-refractivity contribution in [3.05, 3.63) is 0 Å². The molecular weight excluding hydrogens is 204 g/mol. The van der Waals surface area contributed by atoms with E-state index in [4.69, 9.17) is 0 Å². The molecule has 1 aliphatic heterocycles. The molecule has 1 N–H and O–H groups in total. The van der Waals surface area contributed by atoms with Gasteiger partial charge in [0.1, 0.15) is 0 Å². The number of hydrogen-bond donors (Lipinski definition) is 1. The molecule has 0 saturated carbocycles. The minimum Gasteiger partial charge on any atom is -0.318 e. The topological polar surface area (TPSA) is 15.3 Å². The molecule has 1 heterocycles. The predicted octanol–water partition coefficient (Wildman–Crippen LogP) is 2.20. The zero-order chi connectivity index (χ0) is 11.3. The zero-order valence-corrected chi connectivity index (χ0v) is 11.4. The summed E-state index contributed by atoms with van der Waals surface area (Å²) in [7, 11) is 2.06. The Kier molecular flexibility index (Phi) is 6.02. The van der Waals surface area contributed by atoms with Gasteiger partial charge in [0.05, 0.1) is 0 Å². The van der Waals surface area contributed by atoms with Crippen molar-refractivity contribution < 1.29 is 0 Å². The Morgan fingerprint density at radius 1 is 1.47 bits per heavy atom. The van der Waals surface area contributed by atoms with Gasteiger partial charge in [-0.2, -0.15) is 11.8 Å². The Balaban J connectivity index is 2.55. The number of rotatable bonds is 5. The maximum atomic E-state index is 3.34. The van der Waals surface area contributed by atoms with Crippen LogP contribution < -0.4 is 5.32 Å². The van der Waals surface area contributed by atoms with Crippen molar-refractivity contribution in [3.63, 3.8) is 0 Å². The third-order valence-corrected chi connectivity index (χ3v) is 4.80. The fourth-order valence-electron chi connectivity index (χ4n) is 2.43. The molecule has 1 fully saturated rings. The second-order valence-electron chi connectivity index (χ2n) is 4.55. The van der Waals surface area contributed by atoms with E-state index < -0.39 is 0 Å². The fraction of sp³-hybridized carbons (Fsp3) is 1.00. The molecule has 3 atom stereocenters. The van der Waals surface area contributed by atoms with Gasteiger partial charge in [-0.15, -0.1) is 0 Å². The molecule has 0 bridgehead atoms. The van der Waals surface area contributed by atoms with Gasteiger partial charge >= 0.3 is 0 Å². The summed E-state index contributed by atoms with van der Waals surface area (Å²) in [5.41, 5.74) is 0. The molecule has 90 valence electrons. The van der Waals surface area contributed by atoms with Crippen LogP contribution in [0.5, 0.6) is 0 Å². The van der Waals surface area contributed by atoms with Gasteiger partial charge in [0, 0.05) is 36.2 Å². The van der Waals surface area contributed by atoms with E-state index in [2.05, 4.69) is 49.8 Å². The number of likely N-dealkylation sites (N-methyl/N-ethyl adjacent to an activating group) is 1. The molecule has 0 aromatic heterocycles. The first kappa shape index (κ1) is 13.3. The van der Waals surface area contributed by atoms with E-state index in [0.717, 1.165) is 23.9 Å². The molecule has 2 nitrogen and oxygen atoms in total. The molecule has 0 aliphatic carbocycles. The van der Waals surface area contributed by atoms with Crippen molar-refractivity contribution in [1.82, 2.24) is 10.2 Å². The monoisotopic (exact) mass is 230 g/mol. The summed E-state index contributed by atoms with van der Waals surface area (Å²) in [4.78, 5) is 2.71. The molecule has 1 saturated heterocycles.